The molecule has 0 saturated carbocycles. The zero-order chi connectivity index (χ0) is 14.6. The molecule has 1 aromatic carbocycles. The Balaban J connectivity index is 2.09. The third kappa shape index (κ3) is 3.17. The predicted octanol–water partition coefficient (Wildman–Crippen LogP) is 1.37. The van der Waals surface area contributed by atoms with E-state index in [9.17, 15) is 9.59 Å². The third-order valence-corrected chi connectivity index (χ3v) is 3.76. The van der Waals surface area contributed by atoms with Crippen LogP contribution in [0.4, 0.5) is 5.69 Å². The van der Waals surface area contributed by atoms with Gasteiger partial charge < -0.3 is 16.0 Å². The Hall–Kier alpha value is -1.88. The van der Waals surface area contributed by atoms with Crippen LogP contribution in [-0.4, -0.2) is 32.0 Å². The average molecular weight is 275 g/mol. The molecule has 2 amide bonds. The van der Waals surface area contributed by atoms with Crippen molar-refractivity contribution in [1.82, 2.24) is 10.6 Å². The molecule has 20 heavy (non-hydrogen) atoms. The number of anilines is 1. The van der Waals surface area contributed by atoms with Crippen molar-refractivity contribution in [3.05, 3.63) is 29.8 Å². The van der Waals surface area contributed by atoms with Crippen molar-refractivity contribution in [2.75, 3.05) is 25.5 Å². The monoisotopic (exact) mass is 275 g/mol. The quantitative estimate of drug-likeness (QED) is 0.780. The van der Waals surface area contributed by atoms with E-state index in [1.54, 1.807) is 31.3 Å². The SMILES string of the molecule is CNC(=O)c1cccc(NC(=O)C2(C)CCCNC2)c1. The van der Waals surface area contributed by atoms with Crippen molar-refractivity contribution < 1.29 is 9.59 Å². The topological polar surface area (TPSA) is 70.2 Å². The van der Waals surface area contributed by atoms with Gasteiger partial charge in [0.25, 0.3) is 5.91 Å². The van der Waals surface area contributed by atoms with Gasteiger partial charge in [0, 0.05) is 24.8 Å². The Kier molecular flexibility index (Phi) is 4.39. The van der Waals surface area contributed by atoms with Gasteiger partial charge in [-0.2, -0.15) is 0 Å². The third-order valence-electron chi connectivity index (χ3n) is 3.76. The van der Waals surface area contributed by atoms with Gasteiger partial charge in [-0.05, 0) is 44.5 Å². The van der Waals surface area contributed by atoms with Gasteiger partial charge in [0.15, 0.2) is 0 Å². The fourth-order valence-electron chi connectivity index (χ4n) is 2.41. The molecule has 0 aromatic heterocycles. The first kappa shape index (κ1) is 14.5. The molecule has 1 unspecified atom stereocenters. The minimum atomic E-state index is -0.388. The summed E-state index contributed by atoms with van der Waals surface area (Å²) in [6.45, 7) is 3.63. The Morgan fingerprint density at radius 3 is 2.80 bits per heavy atom. The highest BCUT2D eigenvalue weighted by Crippen LogP contribution is 2.27. The van der Waals surface area contributed by atoms with Crippen molar-refractivity contribution in [2.24, 2.45) is 5.41 Å². The van der Waals surface area contributed by atoms with Crippen LogP contribution in [0.5, 0.6) is 0 Å². The van der Waals surface area contributed by atoms with E-state index in [2.05, 4.69) is 16.0 Å². The molecular formula is C15H21N3O2. The van der Waals surface area contributed by atoms with Gasteiger partial charge in [-0.1, -0.05) is 6.07 Å². The lowest BCUT2D eigenvalue weighted by atomic mass is 9.82. The summed E-state index contributed by atoms with van der Waals surface area (Å²) >= 11 is 0. The Morgan fingerprint density at radius 2 is 2.15 bits per heavy atom. The molecule has 0 aliphatic carbocycles. The number of hydrogen-bond donors (Lipinski definition) is 3. The molecular weight excluding hydrogens is 254 g/mol. The highest BCUT2D eigenvalue weighted by molar-refractivity contribution is 5.98. The van der Waals surface area contributed by atoms with Crippen molar-refractivity contribution in [3.8, 4) is 0 Å². The number of rotatable bonds is 3. The molecule has 1 heterocycles. The number of piperidine rings is 1. The fourth-order valence-corrected chi connectivity index (χ4v) is 2.41. The number of carbonyl (C=O) groups is 2. The zero-order valence-corrected chi connectivity index (χ0v) is 12.0. The van der Waals surface area contributed by atoms with Crippen molar-refractivity contribution in [1.29, 1.82) is 0 Å². The number of hydrogen-bond acceptors (Lipinski definition) is 3. The van der Waals surface area contributed by atoms with E-state index in [0.29, 0.717) is 17.8 Å². The summed E-state index contributed by atoms with van der Waals surface area (Å²) in [4.78, 5) is 24.0. The molecule has 1 aromatic rings. The maximum Gasteiger partial charge on any atom is 0.251 e. The first-order valence-corrected chi connectivity index (χ1v) is 6.89. The van der Waals surface area contributed by atoms with E-state index in [1.807, 2.05) is 6.92 Å². The Bertz CT molecular complexity index is 508. The first-order chi connectivity index (χ1) is 9.55. The number of amides is 2. The summed E-state index contributed by atoms with van der Waals surface area (Å²) in [6.07, 6.45) is 1.88. The second-order valence-electron chi connectivity index (χ2n) is 5.46. The average Bonchev–Trinajstić information content (AvgIpc) is 2.47. The molecule has 1 fully saturated rings. The van der Waals surface area contributed by atoms with Crippen molar-refractivity contribution >= 4 is 17.5 Å². The van der Waals surface area contributed by atoms with E-state index in [0.717, 1.165) is 19.4 Å². The molecule has 1 aliphatic rings. The lowest BCUT2D eigenvalue weighted by Gasteiger charge is -2.32. The van der Waals surface area contributed by atoms with E-state index in [4.69, 9.17) is 0 Å². The van der Waals surface area contributed by atoms with Crippen LogP contribution in [0.15, 0.2) is 24.3 Å². The van der Waals surface area contributed by atoms with Crippen LogP contribution in [0.25, 0.3) is 0 Å². The Labute approximate surface area is 119 Å². The molecule has 5 heteroatoms. The lowest BCUT2D eigenvalue weighted by Crippen LogP contribution is -2.46. The van der Waals surface area contributed by atoms with Crippen molar-refractivity contribution in [3.63, 3.8) is 0 Å². The first-order valence-electron chi connectivity index (χ1n) is 6.89. The van der Waals surface area contributed by atoms with Crippen LogP contribution in [-0.2, 0) is 4.79 Å². The molecule has 108 valence electrons. The van der Waals surface area contributed by atoms with E-state index in [-0.39, 0.29) is 17.2 Å². The number of benzene rings is 1. The zero-order valence-electron chi connectivity index (χ0n) is 12.0. The van der Waals surface area contributed by atoms with Gasteiger partial charge in [0.1, 0.15) is 0 Å². The van der Waals surface area contributed by atoms with Gasteiger partial charge in [0.2, 0.25) is 5.91 Å². The van der Waals surface area contributed by atoms with Crippen LogP contribution < -0.4 is 16.0 Å². The van der Waals surface area contributed by atoms with Crippen molar-refractivity contribution in [2.45, 2.75) is 19.8 Å². The van der Waals surface area contributed by atoms with Crippen LogP contribution >= 0.6 is 0 Å². The van der Waals surface area contributed by atoms with Gasteiger partial charge >= 0.3 is 0 Å². The van der Waals surface area contributed by atoms with Crippen LogP contribution in [0.3, 0.4) is 0 Å². The van der Waals surface area contributed by atoms with E-state index < -0.39 is 0 Å². The molecule has 1 atom stereocenters. The minimum absolute atomic E-state index is 0.00115. The Morgan fingerprint density at radius 1 is 1.35 bits per heavy atom. The summed E-state index contributed by atoms with van der Waals surface area (Å²) in [5.41, 5.74) is 0.807. The van der Waals surface area contributed by atoms with Gasteiger partial charge in [-0.15, -0.1) is 0 Å². The molecule has 0 radical (unpaired) electrons. The molecule has 5 nitrogen and oxygen atoms in total. The second-order valence-corrected chi connectivity index (χ2v) is 5.46. The van der Waals surface area contributed by atoms with E-state index in [1.165, 1.54) is 0 Å². The van der Waals surface area contributed by atoms with E-state index >= 15 is 0 Å². The maximum atomic E-state index is 12.4. The number of nitrogens with one attached hydrogen (secondary N) is 3. The standard InChI is InChI=1S/C15H21N3O2/c1-15(7-4-8-17-10-15)14(20)18-12-6-3-5-11(9-12)13(19)16-2/h3,5-6,9,17H,4,7-8,10H2,1-2H3,(H,16,19)(H,18,20). The summed E-state index contributed by atoms with van der Waals surface area (Å²) in [6, 6.07) is 6.97. The molecule has 1 aliphatic heterocycles. The summed E-state index contributed by atoms with van der Waals surface area (Å²) in [5.74, 6) is -0.162. The summed E-state index contributed by atoms with van der Waals surface area (Å²) in [7, 11) is 1.59. The largest absolute Gasteiger partial charge is 0.355 e. The van der Waals surface area contributed by atoms with Crippen LogP contribution in [0.2, 0.25) is 0 Å². The smallest absolute Gasteiger partial charge is 0.251 e. The molecule has 0 spiro atoms. The summed E-state index contributed by atoms with van der Waals surface area (Å²) in [5, 5.41) is 8.74. The highest BCUT2D eigenvalue weighted by atomic mass is 16.2. The highest BCUT2D eigenvalue weighted by Gasteiger charge is 2.34. The van der Waals surface area contributed by atoms with Gasteiger partial charge in [-0.25, -0.2) is 0 Å². The van der Waals surface area contributed by atoms with Gasteiger partial charge in [0.05, 0.1) is 5.41 Å². The maximum absolute atomic E-state index is 12.4. The summed E-state index contributed by atoms with van der Waals surface area (Å²) < 4.78 is 0. The molecule has 3 N–H and O–H groups in total. The molecule has 2 rings (SSSR count). The normalized spacial score (nSPS) is 22.1. The molecule has 0 bridgehead atoms. The molecule has 1 saturated heterocycles. The van der Waals surface area contributed by atoms with Crippen LogP contribution in [0, 0.1) is 5.41 Å². The minimum Gasteiger partial charge on any atom is -0.355 e. The second kappa shape index (κ2) is 6.05. The fraction of sp³-hybridized carbons (Fsp3) is 0.467. The predicted molar refractivity (Wildman–Crippen MR) is 78.7 cm³/mol. The number of carbonyl (C=O) groups excluding carboxylic acids is 2. The van der Waals surface area contributed by atoms with Crippen LogP contribution in [0.1, 0.15) is 30.1 Å². The van der Waals surface area contributed by atoms with Gasteiger partial charge in [-0.3, -0.25) is 9.59 Å². The lowest BCUT2D eigenvalue weighted by molar-refractivity contribution is -0.125.